The molecule has 1 aliphatic heterocycles. The minimum atomic E-state index is 0.260. The Bertz CT molecular complexity index is 135. The molecule has 1 fully saturated rings. The number of rotatable bonds is 6. The molecule has 1 saturated heterocycles. The molecule has 1 rings (SSSR count). The predicted octanol–water partition coefficient (Wildman–Crippen LogP) is 0.833. The van der Waals surface area contributed by atoms with Gasteiger partial charge in [0.1, 0.15) is 0 Å². The SMILES string of the molecule is CCCNC(CO)CN1CCCCC1. The molecule has 0 spiro atoms. The molecule has 0 aliphatic carbocycles. The highest BCUT2D eigenvalue weighted by Gasteiger charge is 2.14. The van der Waals surface area contributed by atoms with Crippen molar-refractivity contribution >= 4 is 0 Å². The lowest BCUT2D eigenvalue weighted by molar-refractivity contribution is 0.163. The second-order valence-electron chi connectivity index (χ2n) is 4.19. The van der Waals surface area contributed by atoms with Crippen LogP contribution in [0.15, 0.2) is 0 Å². The van der Waals surface area contributed by atoms with Gasteiger partial charge in [0.15, 0.2) is 0 Å². The summed E-state index contributed by atoms with van der Waals surface area (Å²) in [5.74, 6) is 0. The molecule has 1 atom stereocenters. The number of nitrogens with zero attached hydrogens (tertiary/aromatic N) is 1. The number of aliphatic hydroxyl groups excluding tert-OH is 1. The van der Waals surface area contributed by atoms with Crippen molar-refractivity contribution in [3.05, 3.63) is 0 Å². The van der Waals surface area contributed by atoms with E-state index in [0.717, 1.165) is 19.5 Å². The Kier molecular flexibility index (Phi) is 6.15. The fourth-order valence-corrected chi connectivity index (χ4v) is 1.99. The van der Waals surface area contributed by atoms with E-state index in [2.05, 4.69) is 17.1 Å². The minimum Gasteiger partial charge on any atom is -0.395 e. The Hall–Kier alpha value is -0.120. The van der Waals surface area contributed by atoms with Crippen molar-refractivity contribution in [1.82, 2.24) is 10.2 Å². The van der Waals surface area contributed by atoms with Gasteiger partial charge in [0.25, 0.3) is 0 Å². The lowest BCUT2D eigenvalue weighted by Gasteiger charge is -2.30. The van der Waals surface area contributed by atoms with Crippen molar-refractivity contribution in [2.45, 2.75) is 38.6 Å². The van der Waals surface area contributed by atoms with E-state index in [1.807, 2.05) is 0 Å². The maximum absolute atomic E-state index is 9.19. The van der Waals surface area contributed by atoms with Crippen molar-refractivity contribution in [3.8, 4) is 0 Å². The Morgan fingerprint density at radius 2 is 2.00 bits per heavy atom. The number of hydrogen-bond donors (Lipinski definition) is 2. The number of aliphatic hydroxyl groups is 1. The largest absolute Gasteiger partial charge is 0.395 e. The van der Waals surface area contributed by atoms with Crippen LogP contribution in [0.1, 0.15) is 32.6 Å². The maximum Gasteiger partial charge on any atom is 0.0597 e. The highest BCUT2D eigenvalue weighted by Crippen LogP contribution is 2.08. The molecule has 1 unspecified atom stereocenters. The zero-order valence-electron chi connectivity index (χ0n) is 9.34. The summed E-state index contributed by atoms with van der Waals surface area (Å²) in [5, 5.41) is 12.6. The first-order valence-electron chi connectivity index (χ1n) is 5.93. The minimum absolute atomic E-state index is 0.260. The van der Waals surface area contributed by atoms with Crippen LogP contribution in [0.4, 0.5) is 0 Å². The molecule has 14 heavy (non-hydrogen) atoms. The van der Waals surface area contributed by atoms with Crippen molar-refractivity contribution in [2.75, 3.05) is 32.8 Å². The summed E-state index contributed by atoms with van der Waals surface area (Å²) in [6, 6.07) is 0.271. The van der Waals surface area contributed by atoms with Crippen LogP contribution in [-0.2, 0) is 0 Å². The van der Waals surface area contributed by atoms with Gasteiger partial charge in [-0.15, -0.1) is 0 Å². The Labute approximate surface area is 87.5 Å². The average Bonchev–Trinajstić information content (AvgIpc) is 2.25. The third kappa shape index (κ3) is 4.40. The van der Waals surface area contributed by atoms with Crippen molar-refractivity contribution < 1.29 is 5.11 Å². The van der Waals surface area contributed by atoms with Gasteiger partial charge in [-0.2, -0.15) is 0 Å². The lowest BCUT2D eigenvalue weighted by Crippen LogP contribution is -2.45. The summed E-state index contributed by atoms with van der Waals surface area (Å²) < 4.78 is 0. The summed E-state index contributed by atoms with van der Waals surface area (Å²) in [4.78, 5) is 2.47. The van der Waals surface area contributed by atoms with Gasteiger partial charge in [0.2, 0.25) is 0 Å². The first-order valence-corrected chi connectivity index (χ1v) is 5.93. The number of nitrogens with one attached hydrogen (secondary N) is 1. The molecule has 0 aromatic carbocycles. The predicted molar refractivity (Wildman–Crippen MR) is 59.5 cm³/mol. The van der Waals surface area contributed by atoms with Gasteiger partial charge in [-0.1, -0.05) is 13.3 Å². The van der Waals surface area contributed by atoms with Gasteiger partial charge < -0.3 is 15.3 Å². The van der Waals surface area contributed by atoms with Gasteiger partial charge in [-0.3, -0.25) is 0 Å². The number of hydrogen-bond acceptors (Lipinski definition) is 3. The van der Waals surface area contributed by atoms with E-state index in [0.29, 0.717) is 0 Å². The smallest absolute Gasteiger partial charge is 0.0597 e. The average molecular weight is 200 g/mol. The highest BCUT2D eigenvalue weighted by molar-refractivity contribution is 4.73. The molecule has 3 nitrogen and oxygen atoms in total. The van der Waals surface area contributed by atoms with Gasteiger partial charge in [-0.05, 0) is 38.9 Å². The second-order valence-corrected chi connectivity index (χ2v) is 4.19. The molecule has 0 aromatic heterocycles. The summed E-state index contributed by atoms with van der Waals surface area (Å²) in [6.07, 6.45) is 5.16. The third-order valence-electron chi connectivity index (χ3n) is 2.83. The zero-order valence-corrected chi connectivity index (χ0v) is 9.34. The molecule has 0 saturated carbocycles. The fraction of sp³-hybridized carbons (Fsp3) is 1.00. The summed E-state index contributed by atoms with van der Waals surface area (Å²) in [7, 11) is 0. The first kappa shape index (κ1) is 12.0. The molecule has 0 radical (unpaired) electrons. The summed E-state index contributed by atoms with van der Waals surface area (Å²) >= 11 is 0. The molecule has 0 amide bonds. The van der Waals surface area contributed by atoms with E-state index in [4.69, 9.17) is 0 Å². The van der Waals surface area contributed by atoms with Crippen LogP contribution in [0.2, 0.25) is 0 Å². The van der Waals surface area contributed by atoms with Crippen LogP contribution in [0.3, 0.4) is 0 Å². The van der Waals surface area contributed by atoms with E-state index in [1.165, 1.54) is 32.4 Å². The van der Waals surface area contributed by atoms with E-state index >= 15 is 0 Å². The number of piperidine rings is 1. The fourth-order valence-electron chi connectivity index (χ4n) is 1.99. The molecular weight excluding hydrogens is 176 g/mol. The monoisotopic (exact) mass is 200 g/mol. The molecule has 3 heteroatoms. The van der Waals surface area contributed by atoms with Crippen molar-refractivity contribution in [3.63, 3.8) is 0 Å². The molecule has 1 heterocycles. The number of likely N-dealkylation sites (tertiary alicyclic amines) is 1. The third-order valence-corrected chi connectivity index (χ3v) is 2.83. The van der Waals surface area contributed by atoms with Gasteiger partial charge in [-0.25, -0.2) is 0 Å². The van der Waals surface area contributed by atoms with Crippen LogP contribution in [0.25, 0.3) is 0 Å². The van der Waals surface area contributed by atoms with Crippen molar-refractivity contribution in [1.29, 1.82) is 0 Å². The van der Waals surface area contributed by atoms with Crippen LogP contribution in [0, 0.1) is 0 Å². The second kappa shape index (κ2) is 7.21. The molecular formula is C11H24N2O. The molecule has 0 aromatic rings. The summed E-state index contributed by atoms with van der Waals surface area (Å²) in [5.41, 5.74) is 0. The van der Waals surface area contributed by atoms with E-state index in [9.17, 15) is 5.11 Å². The standard InChI is InChI=1S/C11H24N2O/c1-2-6-12-11(10-14)9-13-7-4-3-5-8-13/h11-12,14H,2-10H2,1H3. The van der Waals surface area contributed by atoms with E-state index in [-0.39, 0.29) is 12.6 Å². The Morgan fingerprint density at radius 1 is 1.29 bits per heavy atom. The van der Waals surface area contributed by atoms with Gasteiger partial charge in [0, 0.05) is 12.6 Å². The molecule has 84 valence electrons. The summed E-state index contributed by atoms with van der Waals surface area (Å²) in [6.45, 7) is 6.86. The topological polar surface area (TPSA) is 35.5 Å². The van der Waals surface area contributed by atoms with Gasteiger partial charge in [0.05, 0.1) is 6.61 Å². The zero-order chi connectivity index (χ0) is 10.2. The quantitative estimate of drug-likeness (QED) is 0.667. The lowest BCUT2D eigenvalue weighted by atomic mass is 10.1. The van der Waals surface area contributed by atoms with Crippen LogP contribution in [-0.4, -0.2) is 48.8 Å². The molecule has 0 bridgehead atoms. The van der Waals surface area contributed by atoms with Crippen LogP contribution < -0.4 is 5.32 Å². The first-order chi connectivity index (χ1) is 6.86. The van der Waals surface area contributed by atoms with E-state index in [1.54, 1.807) is 0 Å². The maximum atomic E-state index is 9.19. The van der Waals surface area contributed by atoms with E-state index < -0.39 is 0 Å². The van der Waals surface area contributed by atoms with Crippen molar-refractivity contribution in [2.24, 2.45) is 0 Å². The normalized spacial score (nSPS) is 21.0. The Balaban J connectivity index is 2.16. The van der Waals surface area contributed by atoms with Gasteiger partial charge >= 0.3 is 0 Å². The Morgan fingerprint density at radius 3 is 2.57 bits per heavy atom. The molecule has 1 aliphatic rings. The van der Waals surface area contributed by atoms with Crippen LogP contribution in [0.5, 0.6) is 0 Å². The van der Waals surface area contributed by atoms with Crippen LogP contribution >= 0.6 is 0 Å². The highest BCUT2D eigenvalue weighted by atomic mass is 16.3. The molecule has 2 N–H and O–H groups in total.